The zero-order valence-electron chi connectivity index (χ0n) is 10.7. The van der Waals surface area contributed by atoms with Gasteiger partial charge in [-0.2, -0.15) is 12.7 Å². The summed E-state index contributed by atoms with van der Waals surface area (Å²) in [6, 6.07) is 5.26. The second kappa shape index (κ2) is 5.44. The van der Waals surface area contributed by atoms with Crippen LogP contribution in [0.15, 0.2) is 18.2 Å². The highest BCUT2D eigenvalue weighted by atomic mass is 32.2. The molecule has 1 saturated heterocycles. The van der Waals surface area contributed by atoms with Crippen molar-refractivity contribution in [1.82, 2.24) is 4.31 Å². The first-order valence-electron chi connectivity index (χ1n) is 6.08. The van der Waals surface area contributed by atoms with Gasteiger partial charge in [0.25, 0.3) is 0 Å². The minimum atomic E-state index is -3.48. The molecule has 1 fully saturated rings. The van der Waals surface area contributed by atoms with Crippen molar-refractivity contribution in [2.45, 2.75) is 19.8 Å². The molecule has 19 heavy (non-hydrogen) atoms. The molecule has 0 aliphatic carbocycles. The van der Waals surface area contributed by atoms with Gasteiger partial charge in [-0.05, 0) is 31.4 Å². The van der Waals surface area contributed by atoms with Gasteiger partial charge in [0.05, 0.1) is 5.69 Å². The first-order valence-corrected chi connectivity index (χ1v) is 7.93. The predicted molar refractivity (Wildman–Crippen MR) is 80.4 cm³/mol. The summed E-state index contributed by atoms with van der Waals surface area (Å²) in [5.74, 6) is 0. The van der Waals surface area contributed by atoms with Crippen LogP contribution in [-0.4, -0.2) is 30.8 Å². The molecule has 1 aromatic carbocycles. The van der Waals surface area contributed by atoms with E-state index in [0.29, 0.717) is 24.3 Å². The van der Waals surface area contributed by atoms with Crippen LogP contribution in [-0.2, 0) is 10.2 Å². The van der Waals surface area contributed by atoms with Crippen molar-refractivity contribution >= 4 is 33.1 Å². The van der Waals surface area contributed by atoms with Crippen molar-refractivity contribution < 1.29 is 8.42 Å². The van der Waals surface area contributed by atoms with Gasteiger partial charge < -0.3 is 5.73 Å². The lowest BCUT2D eigenvalue weighted by Gasteiger charge is -2.18. The third kappa shape index (κ3) is 3.23. The smallest absolute Gasteiger partial charge is 0.301 e. The van der Waals surface area contributed by atoms with Crippen molar-refractivity contribution in [3.63, 3.8) is 0 Å². The first-order chi connectivity index (χ1) is 8.90. The van der Waals surface area contributed by atoms with E-state index >= 15 is 0 Å². The number of thiocarbonyl (C=S) groups is 1. The van der Waals surface area contributed by atoms with Crippen molar-refractivity contribution in [1.29, 1.82) is 0 Å². The number of anilines is 1. The Morgan fingerprint density at radius 1 is 1.37 bits per heavy atom. The zero-order chi connectivity index (χ0) is 14.0. The van der Waals surface area contributed by atoms with Crippen LogP contribution in [0.3, 0.4) is 0 Å². The predicted octanol–water partition coefficient (Wildman–Crippen LogP) is 1.38. The maximum atomic E-state index is 12.2. The number of hydrogen-bond donors (Lipinski definition) is 2. The molecule has 0 radical (unpaired) electrons. The molecule has 7 heteroatoms. The van der Waals surface area contributed by atoms with Gasteiger partial charge in [0.1, 0.15) is 4.99 Å². The summed E-state index contributed by atoms with van der Waals surface area (Å²) in [5.41, 5.74) is 7.58. The summed E-state index contributed by atoms with van der Waals surface area (Å²) < 4.78 is 28.4. The Labute approximate surface area is 119 Å². The molecule has 5 nitrogen and oxygen atoms in total. The van der Waals surface area contributed by atoms with Gasteiger partial charge in [0.2, 0.25) is 0 Å². The lowest BCUT2D eigenvalue weighted by Crippen LogP contribution is -2.33. The molecular weight excluding hydrogens is 282 g/mol. The van der Waals surface area contributed by atoms with Gasteiger partial charge in [-0.15, -0.1) is 0 Å². The van der Waals surface area contributed by atoms with E-state index in [4.69, 9.17) is 18.0 Å². The number of rotatable bonds is 4. The highest BCUT2D eigenvalue weighted by molar-refractivity contribution is 7.90. The number of benzene rings is 1. The molecule has 2 rings (SSSR count). The monoisotopic (exact) mass is 299 g/mol. The van der Waals surface area contributed by atoms with Crippen LogP contribution in [0.4, 0.5) is 5.69 Å². The van der Waals surface area contributed by atoms with Crippen molar-refractivity contribution in [3.05, 3.63) is 29.3 Å². The van der Waals surface area contributed by atoms with Crippen LogP contribution in [0.2, 0.25) is 0 Å². The standard InChI is InChI=1S/C12H17N3O2S2/c1-9-4-5-10(12(13)18)8-11(9)14-19(16,17)15-6-2-3-7-15/h4-5,8,14H,2-3,6-7H2,1H3,(H2,13,18). The lowest BCUT2D eigenvalue weighted by molar-refractivity contribution is 0.482. The second-order valence-electron chi connectivity index (χ2n) is 4.61. The Morgan fingerprint density at radius 3 is 2.58 bits per heavy atom. The van der Waals surface area contributed by atoms with Gasteiger partial charge in [-0.25, -0.2) is 0 Å². The molecule has 0 amide bonds. The van der Waals surface area contributed by atoms with Crippen molar-refractivity contribution in [3.8, 4) is 0 Å². The fourth-order valence-electron chi connectivity index (χ4n) is 2.02. The van der Waals surface area contributed by atoms with E-state index in [-0.39, 0.29) is 4.99 Å². The van der Waals surface area contributed by atoms with E-state index in [0.717, 1.165) is 18.4 Å². The summed E-state index contributed by atoms with van der Waals surface area (Å²) in [4.78, 5) is 0.252. The molecule has 1 aromatic rings. The summed E-state index contributed by atoms with van der Waals surface area (Å²) in [7, 11) is -3.48. The van der Waals surface area contributed by atoms with E-state index < -0.39 is 10.2 Å². The Hall–Kier alpha value is -1.18. The Kier molecular flexibility index (Phi) is 4.07. The van der Waals surface area contributed by atoms with Crippen LogP contribution >= 0.6 is 12.2 Å². The molecule has 1 aliphatic rings. The number of hydrogen-bond acceptors (Lipinski definition) is 3. The van der Waals surface area contributed by atoms with Crippen molar-refractivity contribution in [2.75, 3.05) is 17.8 Å². The van der Waals surface area contributed by atoms with Gasteiger partial charge in [-0.3, -0.25) is 4.72 Å². The number of aryl methyl sites for hydroxylation is 1. The minimum Gasteiger partial charge on any atom is -0.389 e. The van der Waals surface area contributed by atoms with E-state index in [1.807, 2.05) is 6.92 Å². The Morgan fingerprint density at radius 2 is 2.00 bits per heavy atom. The van der Waals surface area contributed by atoms with E-state index in [1.54, 1.807) is 18.2 Å². The fourth-order valence-corrected chi connectivity index (χ4v) is 3.51. The molecular formula is C12H17N3O2S2. The van der Waals surface area contributed by atoms with Crippen LogP contribution in [0.25, 0.3) is 0 Å². The molecule has 1 heterocycles. The lowest BCUT2D eigenvalue weighted by atomic mass is 10.1. The Balaban J connectivity index is 2.27. The van der Waals surface area contributed by atoms with Crippen LogP contribution < -0.4 is 10.5 Å². The average molecular weight is 299 g/mol. The fraction of sp³-hybridized carbons (Fsp3) is 0.417. The number of nitrogens with two attached hydrogens (primary N) is 1. The molecule has 104 valence electrons. The van der Waals surface area contributed by atoms with Gasteiger partial charge in [0, 0.05) is 18.7 Å². The van der Waals surface area contributed by atoms with Crippen molar-refractivity contribution in [2.24, 2.45) is 5.73 Å². The topological polar surface area (TPSA) is 75.4 Å². The third-order valence-corrected chi connectivity index (χ3v) is 4.92. The molecule has 0 saturated carbocycles. The van der Waals surface area contributed by atoms with Gasteiger partial charge >= 0.3 is 10.2 Å². The van der Waals surface area contributed by atoms with E-state index in [2.05, 4.69) is 4.72 Å². The summed E-state index contributed by atoms with van der Waals surface area (Å²) in [5, 5.41) is 0. The zero-order valence-corrected chi connectivity index (χ0v) is 12.4. The van der Waals surface area contributed by atoms with Crippen LogP contribution in [0.5, 0.6) is 0 Å². The number of nitrogens with one attached hydrogen (secondary N) is 1. The summed E-state index contributed by atoms with van der Waals surface area (Å²) >= 11 is 4.90. The second-order valence-corrected chi connectivity index (χ2v) is 6.72. The van der Waals surface area contributed by atoms with Gasteiger partial charge in [-0.1, -0.05) is 24.4 Å². The summed E-state index contributed by atoms with van der Waals surface area (Å²) in [6.07, 6.45) is 1.82. The normalized spacial score (nSPS) is 16.5. The maximum absolute atomic E-state index is 12.2. The van der Waals surface area contributed by atoms with Gasteiger partial charge in [0.15, 0.2) is 0 Å². The van der Waals surface area contributed by atoms with Crippen LogP contribution in [0, 0.1) is 6.92 Å². The van der Waals surface area contributed by atoms with E-state index in [1.165, 1.54) is 4.31 Å². The number of nitrogens with zero attached hydrogens (tertiary/aromatic N) is 1. The molecule has 0 unspecified atom stereocenters. The first kappa shape index (κ1) is 14.2. The minimum absolute atomic E-state index is 0.252. The highest BCUT2D eigenvalue weighted by Crippen LogP contribution is 2.21. The molecule has 0 atom stereocenters. The molecule has 0 bridgehead atoms. The highest BCUT2D eigenvalue weighted by Gasteiger charge is 2.25. The largest absolute Gasteiger partial charge is 0.389 e. The molecule has 1 aliphatic heterocycles. The molecule has 0 spiro atoms. The van der Waals surface area contributed by atoms with E-state index in [9.17, 15) is 8.42 Å². The third-order valence-electron chi connectivity index (χ3n) is 3.17. The SMILES string of the molecule is Cc1ccc(C(N)=S)cc1NS(=O)(=O)N1CCCC1. The average Bonchev–Trinajstić information content (AvgIpc) is 2.85. The quantitative estimate of drug-likeness (QED) is 0.824. The molecule has 0 aromatic heterocycles. The van der Waals surface area contributed by atoms with Crippen LogP contribution in [0.1, 0.15) is 24.0 Å². The maximum Gasteiger partial charge on any atom is 0.301 e. The Bertz CT molecular complexity index is 593. The summed E-state index contributed by atoms with van der Waals surface area (Å²) in [6.45, 7) is 2.98. The molecule has 3 N–H and O–H groups in total.